The van der Waals surface area contributed by atoms with Crippen molar-refractivity contribution >= 4 is 11.0 Å². The number of rotatable bonds is 4. The molecule has 1 aromatic heterocycles. The molecule has 0 fully saturated rings. The number of nitrogens with zero attached hydrogens (tertiary/aromatic N) is 2. The minimum absolute atomic E-state index is 1.03. The van der Waals surface area contributed by atoms with E-state index in [0.717, 1.165) is 25.0 Å². The molecule has 0 aliphatic carbocycles. The average Bonchev–Trinajstić information content (AvgIpc) is 2.63. The van der Waals surface area contributed by atoms with Crippen molar-refractivity contribution in [3.8, 4) is 0 Å². The first-order chi connectivity index (χ1) is 6.92. The van der Waals surface area contributed by atoms with Crippen molar-refractivity contribution < 1.29 is 0 Å². The van der Waals surface area contributed by atoms with Crippen LogP contribution in [0.3, 0.4) is 0 Å². The largest absolute Gasteiger partial charge is 0.331 e. The fourth-order valence-electron chi connectivity index (χ4n) is 1.61. The van der Waals surface area contributed by atoms with E-state index in [1.807, 2.05) is 25.5 Å². The first-order valence-electron chi connectivity index (χ1n) is 4.96. The van der Waals surface area contributed by atoms with Crippen molar-refractivity contribution in [3.05, 3.63) is 30.6 Å². The van der Waals surface area contributed by atoms with Gasteiger partial charge in [-0.15, -0.1) is 0 Å². The number of aryl methyl sites for hydroxylation is 1. The van der Waals surface area contributed by atoms with Crippen LogP contribution in [0, 0.1) is 0 Å². The van der Waals surface area contributed by atoms with Crippen LogP contribution in [0.25, 0.3) is 11.0 Å². The number of para-hydroxylation sites is 2. The van der Waals surface area contributed by atoms with Crippen LogP contribution in [-0.4, -0.2) is 23.1 Å². The summed E-state index contributed by atoms with van der Waals surface area (Å²) in [5.41, 5.74) is 2.31. The maximum Gasteiger partial charge on any atom is 0.0958 e. The van der Waals surface area contributed by atoms with Gasteiger partial charge in [-0.25, -0.2) is 4.98 Å². The summed E-state index contributed by atoms with van der Waals surface area (Å²) < 4.78 is 2.20. The van der Waals surface area contributed by atoms with Crippen LogP contribution in [0.2, 0.25) is 0 Å². The van der Waals surface area contributed by atoms with Crippen LogP contribution in [-0.2, 0) is 6.54 Å². The molecule has 14 heavy (non-hydrogen) atoms. The Hall–Kier alpha value is -1.35. The molecule has 0 bridgehead atoms. The minimum Gasteiger partial charge on any atom is -0.331 e. The lowest BCUT2D eigenvalue weighted by atomic mass is 10.3. The molecule has 0 saturated heterocycles. The predicted molar refractivity (Wildman–Crippen MR) is 58.3 cm³/mol. The Bertz CT molecular complexity index is 406. The highest BCUT2D eigenvalue weighted by atomic mass is 15.0. The molecule has 3 heteroatoms. The van der Waals surface area contributed by atoms with E-state index in [-0.39, 0.29) is 0 Å². The van der Waals surface area contributed by atoms with Gasteiger partial charge in [0.1, 0.15) is 0 Å². The molecule has 2 aromatic rings. The van der Waals surface area contributed by atoms with Gasteiger partial charge in [-0.3, -0.25) is 0 Å². The van der Waals surface area contributed by atoms with Gasteiger partial charge in [0.2, 0.25) is 0 Å². The summed E-state index contributed by atoms with van der Waals surface area (Å²) in [6.07, 6.45) is 3.05. The summed E-state index contributed by atoms with van der Waals surface area (Å²) in [4.78, 5) is 4.34. The van der Waals surface area contributed by atoms with Gasteiger partial charge < -0.3 is 9.88 Å². The van der Waals surface area contributed by atoms with Gasteiger partial charge in [0.15, 0.2) is 0 Å². The smallest absolute Gasteiger partial charge is 0.0958 e. The normalized spacial score (nSPS) is 10.9. The number of nitrogens with one attached hydrogen (secondary N) is 1. The van der Waals surface area contributed by atoms with Crippen LogP contribution in [0.5, 0.6) is 0 Å². The van der Waals surface area contributed by atoms with Gasteiger partial charge in [-0.2, -0.15) is 0 Å². The Kier molecular flexibility index (Phi) is 2.79. The lowest BCUT2D eigenvalue weighted by Gasteiger charge is -2.03. The Labute approximate surface area is 83.8 Å². The summed E-state index contributed by atoms with van der Waals surface area (Å²) in [5.74, 6) is 0. The molecule has 0 atom stereocenters. The van der Waals surface area contributed by atoms with E-state index < -0.39 is 0 Å². The van der Waals surface area contributed by atoms with Gasteiger partial charge in [0.25, 0.3) is 0 Å². The molecule has 1 aromatic carbocycles. The second-order valence-electron chi connectivity index (χ2n) is 3.38. The quantitative estimate of drug-likeness (QED) is 0.741. The van der Waals surface area contributed by atoms with E-state index >= 15 is 0 Å². The molecular weight excluding hydrogens is 174 g/mol. The van der Waals surface area contributed by atoms with Gasteiger partial charge in [-0.05, 0) is 32.1 Å². The molecule has 3 nitrogen and oxygen atoms in total. The summed E-state index contributed by atoms with van der Waals surface area (Å²) in [7, 11) is 1.98. The molecule has 0 aliphatic rings. The summed E-state index contributed by atoms with van der Waals surface area (Å²) in [5, 5.41) is 3.14. The van der Waals surface area contributed by atoms with Crippen LogP contribution in [0.4, 0.5) is 0 Å². The fraction of sp³-hybridized carbons (Fsp3) is 0.364. The second-order valence-corrected chi connectivity index (χ2v) is 3.38. The second kappa shape index (κ2) is 4.24. The van der Waals surface area contributed by atoms with Gasteiger partial charge >= 0.3 is 0 Å². The van der Waals surface area contributed by atoms with Crippen LogP contribution in [0.1, 0.15) is 6.42 Å². The van der Waals surface area contributed by atoms with Crippen molar-refractivity contribution in [1.82, 2.24) is 14.9 Å². The highest BCUT2D eigenvalue weighted by Crippen LogP contribution is 2.11. The number of imidazole rings is 1. The highest BCUT2D eigenvalue weighted by molar-refractivity contribution is 5.74. The van der Waals surface area contributed by atoms with Crippen LogP contribution >= 0.6 is 0 Å². The third kappa shape index (κ3) is 1.77. The van der Waals surface area contributed by atoms with E-state index in [1.165, 1.54) is 5.52 Å². The van der Waals surface area contributed by atoms with Gasteiger partial charge in [0.05, 0.1) is 17.4 Å². The topological polar surface area (TPSA) is 29.9 Å². The van der Waals surface area contributed by atoms with Crippen molar-refractivity contribution in [3.63, 3.8) is 0 Å². The maximum absolute atomic E-state index is 4.34. The Balaban J connectivity index is 2.17. The van der Waals surface area contributed by atoms with E-state index in [9.17, 15) is 0 Å². The molecule has 0 radical (unpaired) electrons. The number of benzene rings is 1. The van der Waals surface area contributed by atoms with Crippen molar-refractivity contribution in [2.24, 2.45) is 0 Å². The molecule has 74 valence electrons. The third-order valence-corrected chi connectivity index (χ3v) is 2.35. The number of aromatic nitrogens is 2. The lowest BCUT2D eigenvalue weighted by Crippen LogP contribution is -2.10. The minimum atomic E-state index is 1.03. The summed E-state index contributed by atoms with van der Waals surface area (Å²) in [6.45, 7) is 2.08. The zero-order chi connectivity index (χ0) is 9.80. The molecular formula is C11H15N3. The van der Waals surface area contributed by atoms with E-state index in [4.69, 9.17) is 0 Å². The molecule has 1 N–H and O–H groups in total. The van der Waals surface area contributed by atoms with Gasteiger partial charge in [0, 0.05) is 6.54 Å². The molecule has 0 spiro atoms. The van der Waals surface area contributed by atoms with E-state index in [1.54, 1.807) is 0 Å². The zero-order valence-electron chi connectivity index (χ0n) is 8.40. The molecule has 1 heterocycles. The molecule has 0 unspecified atom stereocenters. The van der Waals surface area contributed by atoms with Crippen molar-refractivity contribution in [1.29, 1.82) is 0 Å². The molecule has 2 rings (SSSR count). The first-order valence-corrected chi connectivity index (χ1v) is 4.96. The standard InChI is InChI=1S/C11H15N3/c1-12-7-4-8-14-9-13-10-5-2-3-6-11(10)14/h2-3,5-6,9,12H,4,7-8H2,1H3. The van der Waals surface area contributed by atoms with E-state index in [2.05, 4.69) is 27.0 Å². The Morgan fingerprint density at radius 3 is 3.07 bits per heavy atom. The first kappa shape index (κ1) is 9.21. The monoisotopic (exact) mass is 189 g/mol. The van der Waals surface area contributed by atoms with Gasteiger partial charge in [-0.1, -0.05) is 12.1 Å². The average molecular weight is 189 g/mol. The summed E-state index contributed by atoms with van der Waals surface area (Å²) >= 11 is 0. The molecule has 0 aliphatic heterocycles. The van der Waals surface area contributed by atoms with E-state index in [0.29, 0.717) is 0 Å². The Morgan fingerprint density at radius 2 is 2.21 bits per heavy atom. The maximum atomic E-state index is 4.34. The Morgan fingerprint density at radius 1 is 1.36 bits per heavy atom. The molecule has 0 saturated carbocycles. The van der Waals surface area contributed by atoms with Crippen molar-refractivity contribution in [2.75, 3.05) is 13.6 Å². The highest BCUT2D eigenvalue weighted by Gasteiger charge is 1.99. The van der Waals surface area contributed by atoms with Crippen LogP contribution in [0.15, 0.2) is 30.6 Å². The fourth-order valence-corrected chi connectivity index (χ4v) is 1.61. The van der Waals surface area contributed by atoms with Crippen LogP contribution < -0.4 is 5.32 Å². The predicted octanol–water partition coefficient (Wildman–Crippen LogP) is 1.65. The lowest BCUT2D eigenvalue weighted by molar-refractivity contribution is 0.624. The third-order valence-electron chi connectivity index (χ3n) is 2.35. The zero-order valence-corrected chi connectivity index (χ0v) is 8.40. The number of hydrogen-bond donors (Lipinski definition) is 1. The summed E-state index contributed by atoms with van der Waals surface area (Å²) in [6, 6.07) is 8.23. The molecule has 0 amide bonds. The number of fused-ring (bicyclic) bond motifs is 1. The van der Waals surface area contributed by atoms with Crippen molar-refractivity contribution in [2.45, 2.75) is 13.0 Å². The number of hydrogen-bond acceptors (Lipinski definition) is 2. The SMILES string of the molecule is CNCCCn1cnc2ccccc21.